The summed E-state index contributed by atoms with van der Waals surface area (Å²) in [5.41, 5.74) is 1.84. The van der Waals surface area contributed by atoms with Crippen LogP contribution in [-0.4, -0.2) is 36.2 Å². The minimum Gasteiger partial charge on any atom is -0.507 e. The summed E-state index contributed by atoms with van der Waals surface area (Å²) in [5, 5.41) is 14.4. The van der Waals surface area contributed by atoms with E-state index in [1.165, 1.54) is 0 Å². The second kappa shape index (κ2) is 6.60. The van der Waals surface area contributed by atoms with Crippen molar-refractivity contribution in [3.05, 3.63) is 28.3 Å². The van der Waals surface area contributed by atoms with Crippen LogP contribution in [0.15, 0.2) is 12.1 Å². The molecule has 0 unspecified atom stereocenters. The Morgan fingerprint density at radius 3 is 2.68 bits per heavy atom. The smallest absolute Gasteiger partial charge is 0.123 e. The molecule has 0 aromatic heterocycles. The number of hydrogen-bond acceptors (Lipinski definition) is 3. The predicted octanol–water partition coefficient (Wildman–Crippen LogP) is 3.10. The van der Waals surface area contributed by atoms with E-state index in [9.17, 15) is 5.11 Å². The van der Waals surface area contributed by atoms with Crippen molar-refractivity contribution in [2.75, 3.05) is 26.2 Å². The van der Waals surface area contributed by atoms with Gasteiger partial charge in [0.15, 0.2) is 0 Å². The van der Waals surface area contributed by atoms with Crippen LogP contribution < -0.4 is 5.32 Å². The van der Waals surface area contributed by atoms with Gasteiger partial charge in [-0.3, -0.25) is 4.90 Å². The van der Waals surface area contributed by atoms with Crippen molar-refractivity contribution in [3.63, 3.8) is 0 Å². The molecule has 1 aliphatic rings. The summed E-state index contributed by atoms with van der Waals surface area (Å²) < 4.78 is 0. The van der Waals surface area contributed by atoms with Crippen molar-refractivity contribution in [2.45, 2.75) is 32.7 Å². The Labute approximate surface area is 120 Å². The Balaban J connectivity index is 2.32. The molecule has 1 fully saturated rings. The quantitative estimate of drug-likeness (QED) is 0.891. The number of hydrogen-bond donors (Lipinski definition) is 2. The summed E-state index contributed by atoms with van der Waals surface area (Å²) in [6.07, 6.45) is 2.15. The molecule has 1 heterocycles. The Kier molecular flexibility index (Phi) is 5.08. The molecule has 1 atom stereocenters. The predicted molar refractivity (Wildman–Crippen MR) is 79.9 cm³/mol. The highest BCUT2D eigenvalue weighted by molar-refractivity contribution is 6.30. The molecule has 1 aromatic carbocycles. The maximum Gasteiger partial charge on any atom is 0.123 e. The van der Waals surface area contributed by atoms with Gasteiger partial charge in [-0.15, -0.1) is 0 Å². The summed E-state index contributed by atoms with van der Waals surface area (Å²) in [7, 11) is 0. The first-order chi connectivity index (χ1) is 9.13. The SMILES string of the molecule is CCC[C@@H](c1cc(Cl)cc(C)c1O)N1CCNCC1. The van der Waals surface area contributed by atoms with Crippen LogP contribution in [0.5, 0.6) is 5.75 Å². The third-order valence-corrected chi connectivity index (χ3v) is 4.03. The van der Waals surface area contributed by atoms with Gasteiger partial charge in [-0.25, -0.2) is 0 Å². The minimum atomic E-state index is 0.268. The zero-order valence-electron chi connectivity index (χ0n) is 11.7. The average Bonchev–Trinajstić information content (AvgIpc) is 2.41. The molecule has 106 valence electrons. The van der Waals surface area contributed by atoms with E-state index in [2.05, 4.69) is 17.1 Å². The lowest BCUT2D eigenvalue weighted by Gasteiger charge is -2.35. The third kappa shape index (κ3) is 3.41. The van der Waals surface area contributed by atoms with Crippen molar-refractivity contribution < 1.29 is 5.11 Å². The summed E-state index contributed by atoms with van der Waals surface area (Å²) in [6, 6.07) is 4.01. The molecule has 0 amide bonds. The molecular formula is C15H23ClN2O. The summed E-state index contributed by atoms with van der Waals surface area (Å²) >= 11 is 6.16. The van der Waals surface area contributed by atoms with Gasteiger partial charge in [-0.1, -0.05) is 24.9 Å². The number of aromatic hydroxyl groups is 1. The Morgan fingerprint density at radius 1 is 1.37 bits per heavy atom. The van der Waals surface area contributed by atoms with Gasteiger partial charge in [0.1, 0.15) is 5.75 Å². The van der Waals surface area contributed by atoms with Gasteiger partial charge in [-0.2, -0.15) is 0 Å². The second-order valence-electron chi connectivity index (χ2n) is 5.25. The first kappa shape index (κ1) is 14.6. The Hall–Kier alpha value is -0.770. The fraction of sp³-hybridized carbons (Fsp3) is 0.600. The fourth-order valence-corrected chi connectivity index (χ4v) is 3.10. The Morgan fingerprint density at radius 2 is 2.05 bits per heavy atom. The standard InChI is InChI=1S/C15H23ClN2O/c1-3-4-14(18-7-5-17-6-8-18)13-10-12(16)9-11(2)15(13)19/h9-10,14,17,19H,3-8H2,1-2H3/t14-/m0/s1. The molecule has 1 saturated heterocycles. The van der Waals surface area contributed by atoms with Gasteiger partial charge in [-0.05, 0) is 31.0 Å². The summed E-state index contributed by atoms with van der Waals surface area (Å²) in [6.45, 7) is 8.17. The van der Waals surface area contributed by atoms with Crippen LogP contribution in [0, 0.1) is 6.92 Å². The highest BCUT2D eigenvalue weighted by atomic mass is 35.5. The van der Waals surface area contributed by atoms with E-state index in [1.807, 2.05) is 19.1 Å². The van der Waals surface area contributed by atoms with E-state index in [-0.39, 0.29) is 6.04 Å². The van der Waals surface area contributed by atoms with Crippen molar-refractivity contribution in [1.82, 2.24) is 10.2 Å². The molecule has 4 heteroatoms. The molecule has 0 saturated carbocycles. The summed E-state index contributed by atoms with van der Waals surface area (Å²) in [5.74, 6) is 0.404. The van der Waals surface area contributed by atoms with Crippen molar-refractivity contribution in [3.8, 4) is 5.75 Å². The van der Waals surface area contributed by atoms with Crippen LogP contribution in [0.3, 0.4) is 0 Å². The molecule has 1 aliphatic heterocycles. The molecule has 2 N–H and O–H groups in total. The van der Waals surface area contributed by atoms with Gasteiger partial charge in [0, 0.05) is 42.8 Å². The van der Waals surface area contributed by atoms with Gasteiger partial charge < -0.3 is 10.4 Å². The van der Waals surface area contributed by atoms with Crippen LogP contribution >= 0.6 is 11.6 Å². The van der Waals surface area contributed by atoms with Crippen LogP contribution in [0.25, 0.3) is 0 Å². The molecule has 19 heavy (non-hydrogen) atoms. The molecular weight excluding hydrogens is 260 g/mol. The number of phenolic OH excluding ortho intramolecular Hbond substituents is 1. The number of rotatable bonds is 4. The number of aryl methyl sites for hydroxylation is 1. The van der Waals surface area contributed by atoms with Gasteiger partial charge in [0.05, 0.1) is 0 Å². The van der Waals surface area contributed by atoms with Crippen LogP contribution in [-0.2, 0) is 0 Å². The number of nitrogens with zero attached hydrogens (tertiary/aromatic N) is 1. The first-order valence-corrected chi connectivity index (χ1v) is 7.45. The topological polar surface area (TPSA) is 35.5 Å². The molecule has 0 bridgehead atoms. The van der Waals surface area contributed by atoms with Crippen LogP contribution in [0.2, 0.25) is 5.02 Å². The maximum absolute atomic E-state index is 10.3. The van der Waals surface area contributed by atoms with E-state index in [1.54, 1.807) is 0 Å². The lowest BCUT2D eigenvalue weighted by molar-refractivity contribution is 0.162. The van der Waals surface area contributed by atoms with Gasteiger partial charge >= 0.3 is 0 Å². The van der Waals surface area contributed by atoms with Gasteiger partial charge in [0.25, 0.3) is 0 Å². The highest BCUT2D eigenvalue weighted by Gasteiger charge is 2.24. The summed E-state index contributed by atoms with van der Waals surface area (Å²) in [4.78, 5) is 2.45. The van der Waals surface area contributed by atoms with Gasteiger partial charge in [0.2, 0.25) is 0 Å². The number of piperazine rings is 1. The Bertz CT molecular complexity index is 430. The minimum absolute atomic E-state index is 0.268. The van der Waals surface area contributed by atoms with Crippen LogP contribution in [0.1, 0.15) is 36.9 Å². The normalized spacial score (nSPS) is 18.5. The van der Waals surface area contributed by atoms with E-state index < -0.39 is 0 Å². The number of phenols is 1. The number of halogens is 1. The largest absolute Gasteiger partial charge is 0.507 e. The molecule has 0 spiro atoms. The van der Waals surface area contributed by atoms with Crippen molar-refractivity contribution in [1.29, 1.82) is 0 Å². The first-order valence-electron chi connectivity index (χ1n) is 7.07. The highest BCUT2D eigenvalue weighted by Crippen LogP contribution is 2.36. The third-order valence-electron chi connectivity index (χ3n) is 3.81. The molecule has 1 aromatic rings. The number of benzene rings is 1. The zero-order chi connectivity index (χ0) is 13.8. The molecule has 3 nitrogen and oxygen atoms in total. The monoisotopic (exact) mass is 282 g/mol. The van der Waals surface area contributed by atoms with E-state index >= 15 is 0 Å². The zero-order valence-corrected chi connectivity index (χ0v) is 12.5. The molecule has 0 aliphatic carbocycles. The molecule has 0 radical (unpaired) electrons. The van der Waals surface area contributed by atoms with Crippen molar-refractivity contribution in [2.24, 2.45) is 0 Å². The second-order valence-corrected chi connectivity index (χ2v) is 5.69. The van der Waals surface area contributed by atoms with E-state index in [0.717, 1.165) is 50.1 Å². The van der Waals surface area contributed by atoms with E-state index in [4.69, 9.17) is 11.6 Å². The fourth-order valence-electron chi connectivity index (χ4n) is 2.82. The maximum atomic E-state index is 10.3. The number of nitrogens with one attached hydrogen (secondary N) is 1. The van der Waals surface area contributed by atoms with E-state index in [0.29, 0.717) is 10.8 Å². The van der Waals surface area contributed by atoms with Crippen molar-refractivity contribution >= 4 is 11.6 Å². The lowest BCUT2D eigenvalue weighted by atomic mass is 9.97. The average molecular weight is 283 g/mol. The molecule has 2 rings (SSSR count). The lowest BCUT2D eigenvalue weighted by Crippen LogP contribution is -2.45. The van der Waals surface area contributed by atoms with Crippen LogP contribution in [0.4, 0.5) is 0 Å².